The second kappa shape index (κ2) is 9.41. The van der Waals surface area contributed by atoms with E-state index < -0.39 is 0 Å². The maximum absolute atomic E-state index is 12.2. The lowest BCUT2D eigenvalue weighted by atomic mass is 10.1. The predicted molar refractivity (Wildman–Crippen MR) is 111 cm³/mol. The van der Waals surface area contributed by atoms with Crippen LogP contribution in [0.1, 0.15) is 16.9 Å². The molecule has 0 unspecified atom stereocenters. The van der Waals surface area contributed by atoms with Crippen molar-refractivity contribution in [3.05, 3.63) is 66.1 Å². The van der Waals surface area contributed by atoms with Gasteiger partial charge in [-0.15, -0.1) is 16.8 Å². The van der Waals surface area contributed by atoms with E-state index in [1.54, 1.807) is 12.3 Å². The van der Waals surface area contributed by atoms with Crippen LogP contribution in [0.3, 0.4) is 0 Å². The topological polar surface area (TPSA) is 73.0 Å². The van der Waals surface area contributed by atoms with Crippen molar-refractivity contribution in [3.63, 3.8) is 0 Å². The smallest absolute Gasteiger partial charge is 0.230 e. The molecule has 1 aromatic carbocycles. The van der Waals surface area contributed by atoms with Crippen LogP contribution >= 0.6 is 11.8 Å². The zero-order valence-corrected chi connectivity index (χ0v) is 17.0. The summed E-state index contributed by atoms with van der Waals surface area (Å²) >= 11 is 1.37. The van der Waals surface area contributed by atoms with Crippen LogP contribution in [0.2, 0.25) is 0 Å². The van der Waals surface area contributed by atoms with Gasteiger partial charge in [0.15, 0.2) is 11.0 Å². The molecule has 0 fully saturated rings. The molecule has 0 spiro atoms. The molecule has 6 nitrogen and oxygen atoms in total. The Morgan fingerprint density at radius 3 is 2.82 bits per heavy atom. The first-order valence-corrected chi connectivity index (χ1v) is 10.1. The van der Waals surface area contributed by atoms with Gasteiger partial charge in [-0.3, -0.25) is 9.36 Å². The van der Waals surface area contributed by atoms with Crippen LogP contribution in [0, 0.1) is 13.8 Å². The van der Waals surface area contributed by atoms with Gasteiger partial charge in [-0.05, 0) is 37.5 Å². The third-order valence-corrected chi connectivity index (χ3v) is 5.41. The molecule has 1 N–H and O–H groups in total. The molecule has 28 heavy (non-hydrogen) atoms. The normalized spacial score (nSPS) is 10.8. The van der Waals surface area contributed by atoms with Crippen molar-refractivity contribution in [1.82, 2.24) is 20.1 Å². The van der Waals surface area contributed by atoms with E-state index >= 15 is 0 Å². The van der Waals surface area contributed by atoms with Gasteiger partial charge in [0, 0.05) is 13.1 Å². The number of benzene rings is 1. The number of aryl methyl sites for hydroxylation is 2. The van der Waals surface area contributed by atoms with Crippen molar-refractivity contribution in [3.8, 4) is 11.4 Å². The third-order valence-electron chi connectivity index (χ3n) is 4.44. The molecule has 0 aliphatic heterocycles. The van der Waals surface area contributed by atoms with E-state index in [0.717, 1.165) is 17.7 Å². The molecule has 3 aromatic rings. The van der Waals surface area contributed by atoms with Crippen molar-refractivity contribution in [2.45, 2.75) is 32.0 Å². The fraction of sp³-hybridized carbons (Fsp3) is 0.286. The van der Waals surface area contributed by atoms with Crippen molar-refractivity contribution >= 4 is 17.7 Å². The van der Waals surface area contributed by atoms with E-state index in [4.69, 9.17) is 4.42 Å². The molecule has 3 rings (SSSR count). The van der Waals surface area contributed by atoms with Gasteiger partial charge in [-0.25, -0.2) is 0 Å². The Morgan fingerprint density at radius 1 is 1.29 bits per heavy atom. The molecule has 0 bridgehead atoms. The van der Waals surface area contributed by atoms with Crippen LogP contribution in [0.25, 0.3) is 11.4 Å². The highest BCUT2D eigenvalue weighted by Crippen LogP contribution is 2.27. The van der Waals surface area contributed by atoms with Gasteiger partial charge in [0.2, 0.25) is 5.91 Å². The van der Waals surface area contributed by atoms with Crippen LogP contribution in [-0.2, 0) is 17.8 Å². The number of nitrogens with zero attached hydrogens (tertiary/aromatic N) is 3. The Bertz CT molecular complexity index is 961. The van der Waals surface area contributed by atoms with Crippen molar-refractivity contribution < 1.29 is 9.21 Å². The molecule has 0 aliphatic carbocycles. The van der Waals surface area contributed by atoms with Crippen LogP contribution in [0.15, 0.2) is 58.8 Å². The molecular weight excluding hydrogens is 372 g/mol. The first-order chi connectivity index (χ1) is 13.6. The van der Waals surface area contributed by atoms with Crippen molar-refractivity contribution in [2.24, 2.45) is 0 Å². The Hall–Kier alpha value is -2.80. The molecule has 0 radical (unpaired) electrons. The summed E-state index contributed by atoms with van der Waals surface area (Å²) in [7, 11) is 0. The molecular formula is C21H24N4O2S. The maximum Gasteiger partial charge on any atom is 0.230 e. The number of allylic oxidation sites excluding steroid dienone is 1. The van der Waals surface area contributed by atoms with Crippen molar-refractivity contribution in [2.75, 3.05) is 12.3 Å². The second-order valence-electron chi connectivity index (χ2n) is 6.41. The van der Waals surface area contributed by atoms with Crippen LogP contribution in [-0.4, -0.2) is 33.0 Å². The summed E-state index contributed by atoms with van der Waals surface area (Å²) in [6.45, 7) is 8.95. The van der Waals surface area contributed by atoms with Crippen LogP contribution < -0.4 is 5.32 Å². The molecule has 0 saturated heterocycles. The summed E-state index contributed by atoms with van der Waals surface area (Å²) in [6.07, 6.45) is 4.24. The van der Waals surface area contributed by atoms with E-state index in [1.807, 2.05) is 29.7 Å². The lowest BCUT2D eigenvalue weighted by Crippen LogP contribution is -2.27. The Balaban J connectivity index is 1.57. The summed E-state index contributed by atoms with van der Waals surface area (Å²) in [4.78, 5) is 12.2. The van der Waals surface area contributed by atoms with Gasteiger partial charge < -0.3 is 9.73 Å². The average Bonchev–Trinajstić information content (AvgIpc) is 3.28. The van der Waals surface area contributed by atoms with Crippen LogP contribution in [0.5, 0.6) is 0 Å². The number of carbonyl (C=O) groups is 1. The van der Waals surface area contributed by atoms with Gasteiger partial charge in [0.05, 0.1) is 17.6 Å². The summed E-state index contributed by atoms with van der Waals surface area (Å²) in [6, 6.07) is 10.1. The van der Waals surface area contributed by atoms with Gasteiger partial charge in [-0.2, -0.15) is 0 Å². The number of hydrogen-bond donors (Lipinski definition) is 1. The standard InChI is InChI=1S/C21H24N4O2S/c1-4-12-25-20(18-10-13-27-16(18)3)23-24-21(25)28-14-19(26)22-11-9-17-8-6-5-7-15(17)2/h4-8,10,13H,1,9,11-12,14H2,2-3H3,(H,22,26). The molecule has 1 amide bonds. The molecule has 0 atom stereocenters. The summed E-state index contributed by atoms with van der Waals surface area (Å²) in [5.74, 6) is 1.76. The minimum atomic E-state index is -0.0206. The van der Waals surface area contributed by atoms with Crippen LogP contribution in [0.4, 0.5) is 0 Å². The third kappa shape index (κ3) is 4.72. The average molecular weight is 397 g/mol. The number of hydrogen-bond acceptors (Lipinski definition) is 5. The zero-order valence-electron chi connectivity index (χ0n) is 16.1. The number of furan rings is 1. The summed E-state index contributed by atoms with van der Waals surface area (Å²) in [5, 5.41) is 12.2. The minimum absolute atomic E-state index is 0.0206. The lowest BCUT2D eigenvalue weighted by molar-refractivity contribution is -0.118. The molecule has 2 heterocycles. The number of aromatic nitrogens is 3. The monoisotopic (exact) mass is 396 g/mol. The number of thioether (sulfide) groups is 1. The van der Waals surface area contributed by atoms with E-state index in [9.17, 15) is 4.79 Å². The van der Waals surface area contributed by atoms with Gasteiger partial charge in [-0.1, -0.05) is 42.1 Å². The van der Waals surface area contributed by atoms with E-state index in [-0.39, 0.29) is 11.7 Å². The molecule has 0 saturated carbocycles. The highest BCUT2D eigenvalue weighted by Gasteiger charge is 2.17. The predicted octanol–water partition coefficient (Wildman–Crippen LogP) is 3.79. The Kier molecular flexibility index (Phi) is 6.71. The largest absolute Gasteiger partial charge is 0.469 e. The maximum atomic E-state index is 12.2. The first kappa shape index (κ1) is 19.9. The molecule has 0 aliphatic rings. The minimum Gasteiger partial charge on any atom is -0.469 e. The van der Waals surface area contributed by atoms with Gasteiger partial charge >= 0.3 is 0 Å². The number of carbonyl (C=O) groups excluding carboxylic acids is 1. The SMILES string of the molecule is C=CCn1c(SCC(=O)NCCc2ccccc2C)nnc1-c1ccoc1C. The van der Waals surface area contributed by atoms with E-state index in [1.165, 1.54) is 22.9 Å². The fourth-order valence-corrected chi connectivity index (χ4v) is 3.69. The zero-order chi connectivity index (χ0) is 19.9. The number of nitrogens with one attached hydrogen (secondary N) is 1. The summed E-state index contributed by atoms with van der Waals surface area (Å²) < 4.78 is 7.31. The molecule has 7 heteroatoms. The van der Waals surface area contributed by atoms with E-state index in [0.29, 0.717) is 24.1 Å². The quantitative estimate of drug-likeness (QED) is 0.440. The fourth-order valence-electron chi connectivity index (χ4n) is 2.91. The number of rotatable bonds is 9. The van der Waals surface area contributed by atoms with E-state index in [2.05, 4.69) is 41.1 Å². The highest BCUT2D eigenvalue weighted by atomic mass is 32.2. The summed E-state index contributed by atoms with van der Waals surface area (Å²) in [5.41, 5.74) is 3.39. The van der Waals surface area contributed by atoms with Crippen molar-refractivity contribution in [1.29, 1.82) is 0 Å². The van der Waals surface area contributed by atoms with Gasteiger partial charge in [0.1, 0.15) is 5.76 Å². The van der Waals surface area contributed by atoms with Gasteiger partial charge in [0.25, 0.3) is 0 Å². The lowest BCUT2D eigenvalue weighted by Gasteiger charge is -2.08. The Labute approximate surface area is 169 Å². The highest BCUT2D eigenvalue weighted by molar-refractivity contribution is 7.99. The molecule has 2 aromatic heterocycles. The first-order valence-electron chi connectivity index (χ1n) is 9.12. The Morgan fingerprint density at radius 2 is 2.11 bits per heavy atom. The number of amides is 1. The molecule has 146 valence electrons. The second-order valence-corrected chi connectivity index (χ2v) is 7.35.